The zero-order chi connectivity index (χ0) is 30.7. The van der Waals surface area contributed by atoms with Crippen molar-refractivity contribution in [2.45, 2.75) is 0 Å². The number of fused-ring (bicyclic) bond motifs is 1. The highest BCUT2D eigenvalue weighted by Crippen LogP contribution is 2.39. The number of hydrogen-bond donors (Lipinski definition) is 0. The van der Waals surface area contributed by atoms with E-state index < -0.39 is 23.9 Å². The lowest BCUT2D eigenvalue weighted by Gasteiger charge is -2.13. The predicted octanol–water partition coefficient (Wildman–Crippen LogP) is 5.16. The molecule has 0 fully saturated rings. The molecular formula is C30H24O12. The van der Waals surface area contributed by atoms with Gasteiger partial charge in [0.15, 0.2) is 11.5 Å². The van der Waals surface area contributed by atoms with Crippen LogP contribution in [-0.4, -0.2) is 23.9 Å². The summed E-state index contributed by atoms with van der Waals surface area (Å²) >= 11 is 0. The third kappa shape index (κ3) is 10.8. The topological polar surface area (TPSA) is 142 Å². The number of esters is 4. The molecule has 0 spiro atoms. The van der Waals surface area contributed by atoms with E-state index >= 15 is 0 Å². The van der Waals surface area contributed by atoms with Crippen molar-refractivity contribution in [2.75, 3.05) is 0 Å². The van der Waals surface area contributed by atoms with Crippen LogP contribution in [0.3, 0.4) is 0 Å². The molecule has 2 aromatic rings. The van der Waals surface area contributed by atoms with E-state index in [0.29, 0.717) is 10.8 Å². The summed E-state index contributed by atoms with van der Waals surface area (Å²) in [6.07, 6.45) is 12.2. The maximum Gasteiger partial charge on any atom is 0.335 e. The van der Waals surface area contributed by atoms with Gasteiger partial charge in [-0.3, -0.25) is 0 Å². The van der Waals surface area contributed by atoms with Gasteiger partial charge in [-0.05, 0) is 23.6 Å². The van der Waals surface area contributed by atoms with E-state index in [1.165, 1.54) is 18.2 Å². The molecule has 0 aliphatic carbocycles. The van der Waals surface area contributed by atoms with Crippen LogP contribution in [0, 0.1) is 0 Å². The molecule has 0 aliphatic heterocycles. The zero-order valence-corrected chi connectivity index (χ0v) is 22.0. The Balaban J connectivity index is 2.52. The van der Waals surface area contributed by atoms with Crippen molar-refractivity contribution in [1.82, 2.24) is 0 Å². The lowest BCUT2D eigenvalue weighted by atomic mass is 10.1. The fourth-order valence-electron chi connectivity index (χ4n) is 2.64. The van der Waals surface area contributed by atoms with Crippen molar-refractivity contribution < 1.29 is 57.1 Å². The molecule has 0 bridgehead atoms. The lowest BCUT2D eigenvalue weighted by molar-refractivity contribution is -0.133. The van der Waals surface area contributed by atoms with E-state index in [1.807, 2.05) is 0 Å². The van der Waals surface area contributed by atoms with E-state index in [2.05, 4.69) is 26.3 Å². The minimum Gasteiger partial charge on any atom is -0.462 e. The maximum absolute atomic E-state index is 11.3. The van der Waals surface area contributed by atoms with E-state index in [4.69, 9.17) is 37.9 Å². The Morgan fingerprint density at radius 2 is 0.833 bits per heavy atom. The van der Waals surface area contributed by atoms with Crippen LogP contribution in [-0.2, 0) is 38.1 Å². The van der Waals surface area contributed by atoms with Crippen LogP contribution in [0.15, 0.2) is 125 Å². The molecule has 0 unspecified atom stereocenters. The third-order valence-electron chi connectivity index (χ3n) is 4.37. The second-order valence-corrected chi connectivity index (χ2v) is 7.07. The first-order valence-electron chi connectivity index (χ1n) is 11.5. The number of carbonyl (C=O) groups is 4. The maximum atomic E-state index is 11.3. The lowest BCUT2D eigenvalue weighted by Crippen LogP contribution is -1.96. The molecule has 216 valence electrons. The molecular weight excluding hydrogens is 552 g/mol. The molecule has 0 saturated heterocycles. The second-order valence-electron chi connectivity index (χ2n) is 7.07. The first-order valence-corrected chi connectivity index (χ1v) is 11.5. The Morgan fingerprint density at radius 1 is 0.452 bits per heavy atom. The van der Waals surface area contributed by atoms with Crippen LogP contribution in [0.5, 0.6) is 23.0 Å². The van der Waals surface area contributed by atoms with Crippen molar-refractivity contribution in [1.29, 1.82) is 0 Å². The Labute approximate surface area is 239 Å². The van der Waals surface area contributed by atoms with Gasteiger partial charge in [0.1, 0.15) is 61.6 Å². The number of ether oxygens (including phenoxy) is 8. The summed E-state index contributed by atoms with van der Waals surface area (Å²) in [4.78, 5) is 45.1. The zero-order valence-electron chi connectivity index (χ0n) is 22.0. The van der Waals surface area contributed by atoms with Gasteiger partial charge in [-0.15, -0.1) is 0 Å². The van der Waals surface area contributed by atoms with Gasteiger partial charge in [0.25, 0.3) is 0 Å². The van der Waals surface area contributed by atoms with Crippen LogP contribution in [0.4, 0.5) is 0 Å². The minimum atomic E-state index is -0.711. The Bertz CT molecular complexity index is 1480. The monoisotopic (exact) mass is 576 g/mol. The fourth-order valence-corrected chi connectivity index (χ4v) is 2.64. The van der Waals surface area contributed by atoms with Gasteiger partial charge in [0, 0.05) is 35.8 Å². The van der Waals surface area contributed by atoms with E-state index in [1.54, 1.807) is 6.07 Å². The van der Waals surface area contributed by atoms with Crippen molar-refractivity contribution in [3.05, 3.63) is 125 Å². The van der Waals surface area contributed by atoms with Gasteiger partial charge in [-0.25, -0.2) is 19.2 Å². The summed E-state index contributed by atoms with van der Waals surface area (Å²) in [6.45, 7) is 13.2. The Hall–Kier alpha value is -6.30. The van der Waals surface area contributed by atoms with Gasteiger partial charge in [-0.1, -0.05) is 26.3 Å². The number of rotatable bonds is 16. The molecule has 0 radical (unpaired) electrons. The molecule has 0 saturated carbocycles. The fraction of sp³-hybridized carbons (Fsp3) is 0. The molecule has 12 nitrogen and oxygen atoms in total. The molecule has 0 aliphatic rings. The van der Waals surface area contributed by atoms with Crippen molar-refractivity contribution >= 4 is 34.6 Å². The molecule has 2 rings (SSSR count). The molecule has 0 N–H and O–H groups in total. The summed E-state index contributed by atoms with van der Waals surface area (Å²) in [5, 5.41) is 0.932. The quantitative estimate of drug-likeness (QED) is 0.113. The average Bonchev–Trinajstić information content (AvgIpc) is 3.00. The van der Waals surface area contributed by atoms with Gasteiger partial charge < -0.3 is 37.9 Å². The first kappa shape index (κ1) is 31.9. The van der Waals surface area contributed by atoms with Gasteiger partial charge in [-0.2, -0.15) is 0 Å². The van der Waals surface area contributed by atoms with Crippen molar-refractivity contribution in [3.63, 3.8) is 0 Å². The van der Waals surface area contributed by atoms with E-state index in [-0.39, 0.29) is 23.0 Å². The molecule has 42 heavy (non-hydrogen) atoms. The minimum absolute atomic E-state index is 0.102. The van der Waals surface area contributed by atoms with Gasteiger partial charge in [0.2, 0.25) is 0 Å². The number of benzene rings is 2. The third-order valence-corrected chi connectivity index (χ3v) is 4.37. The highest BCUT2D eigenvalue weighted by molar-refractivity contribution is 5.93. The highest BCUT2D eigenvalue weighted by Gasteiger charge is 2.13. The molecule has 2 aromatic carbocycles. The Kier molecular flexibility index (Phi) is 13.2. The first-order chi connectivity index (χ1) is 20.3. The molecule has 0 atom stereocenters. The number of hydrogen-bond acceptors (Lipinski definition) is 12. The van der Waals surface area contributed by atoms with E-state index in [9.17, 15) is 19.2 Å². The van der Waals surface area contributed by atoms with Gasteiger partial charge in [0.05, 0.1) is 0 Å². The summed E-state index contributed by atoms with van der Waals surface area (Å²) in [7, 11) is 0. The summed E-state index contributed by atoms with van der Waals surface area (Å²) < 4.78 is 41.3. The summed E-state index contributed by atoms with van der Waals surface area (Å²) in [6, 6.07) is 6.10. The van der Waals surface area contributed by atoms with Crippen LogP contribution < -0.4 is 18.9 Å². The van der Waals surface area contributed by atoms with Crippen LogP contribution >= 0.6 is 0 Å². The highest BCUT2D eigenvalue weighted by atomic mass is 16.6. The van der Waals surface area contributed by atoms with Crippen LogP contribution in [0.2, 0.25) is 0 Å². The second kappa shape index (κ2) is 17.3. The van der Waals surface area contributed by atoms with E-state index in [0.717, 1.165) is 74.4 Å². The van der Waals surface area contributed by atoms with Crippen molar-refractivity contribution in [3.8, 4) is 23.0 Å². The number of carbonyl (C=O) groups excluding carboxylic acids is 4. The standard InChI is InChI=1S/C30H24O12/c1-5-27(31)39-13-9-35-22-17-21-18-25(37-11-15-41-29(33)7-3)26(38-12-16-42-30(34)8-4)20-23(21)24(19-22)36-10-14-40-28(32)6-2/h5-20H,1-4H2/b13-9-,14-10-,15-11-,16-12-. The molecule has 0 amide bonds. The predicted molar refractivity (Wildman–Crippen MR) is 148 cm³/mol. The summed E-state index contributed by atoms with van der Waals surface area (Å²) in [5.74, 6) is -2.18. The molecule has 0 aromatic heterocycles. The Morgan fingerprint density at radius 3 is 1.26 bits per heavy atom. The summed E-state index contributed by atoms with van der Waals surface area (Å²) in [5.41, 5.74) is 0. The largest absolute Gasteiger partial charge is 0.462 e. The van der Waals surface area contributed by atoms with Gasteiger partial charge >= 0.3 is 23.9 Å². The van der Waals surface area contributed by atoms with Crippen LogP contribution in [0.1, 0.15) is 0 Å². The smallest absolute Gasteiger partial charge is 0.335 e. The van der Waals surface area contributed by atoms with Crippen LogP contribution in [0.25, 0.3) is 10.8 Å². The average molecular weight is 577 g/mol. The SMILES string of the molecule is C=CC(=O)O/C=C\Oc1cc(O/C=C\OC(=O)C=C)c2cc(O/C=C\OC(=O)C=C)c(O/C=C\OC(=O)C=C)cc2c1. The van der Waals surface area contributed by atoms with Crippen molar-refractivity contribution in [2.24, 2.45) is 0 Å². The molecule has 12 heteroatoms. The normalized spacial score (nSPS) is 10.8. The molecule has 0 heterocycles.